The van der Waals surface area contributed by atoms with Crippen molar-refractivity contribution in [1.82, 2.24) is 9.80 Å². The maximum absolute atomic E-state index is 10.8. The lowest BCUT2D eigenvalue weighted by Gasteiger charge is -2.09. The molecule has 86 valence electrons. The summed E-state index contributed by atoms with van der Waals surface area (Å²) in [5.74, 6) is 10.7. The molecule has 0 aromatic heterocycles. The van der Waals surface area contributed by atoms with Crippen LogP contribution in [0.25, 0.3) is 0 Å². The molecule has 16 heavy (non-hydrogen) atoms. The van der Waals surface area contributed by atoms with Crippen LogP contribution in [0, 0.1) is 23.7 Å². The van der Waals surface area contributed by atoms with Crippen molar-refractivity contribution in [1.29, 1.82) is 0 Å². The van der Waals surface area contributed by atoms with Crippen molar-refractivity contribution in [3.63, 3.8) is 0 Å². The number of amides is 2. The molecule has 0 aliphatic rings. The normalized spacial score (nSPS) is 8.00. The predicted octanol–water partition coefficient (Wildman–Crippen LogP) is -0.0502. The fourth-order valence-corrected chi connectivity index (χ4v) is 0.627. The first kappa shape index (κ1) is 14.1. The third-order valence-electron chi connectivity index (χ3n) is 1.95. The lowest BCUT2D eigenvalue weighted by atomic mass is 10.4. The van der Waals surface area contributed by atoms with Crippen molar-refractivity contribution in [3.05, 3.63) is 0 Å². The van der Waals surface area contributed by atoms with E-state index < -0.39 is 0 Å². The second-order valence-corrected chi connectivity index (χ2v) is 3.35. The zero-order valence-corrected chi connectivity index (χ0v) is 10.1. The summed E-state index contributed by atoms with van der Waals surface area (Å²) < 4.78 is 0. The highest BCUT2D eigenvalue weighted by Crippen LogP contribution is 1.81. The van der Waals surface area contributed by atoms with Crippen molar-refractivity contribution in [2.45, 2.75) is 13.8 Å². The topological polar surface area (TPSA) is 40.6 Å². The summed E-state index contributed by atoms with van der Waals surface area (Å²) >= 11 is 0. The Bertz CT molecular complexity index is 341. The summed E-state index contributed by atoms with van der Waals surface area (Å²) in [4.78, 5) is 24.6. The van der Waals surface area contributed by atoms with Crippen LogP contribution in [-0.2, 0) is 9.59 Å². The highest BCUT2D eigenvalue weighted by molar-refractivity contribution is 5.73. The van der Waals surface area contributed by atoms with Crippen LogP contribution in [0.5, 0.6) is 0 Å². The molecule has 0 fully saturated rings. The third kappa shape index (κ3) is 6.50. The van der Waals surface area contributed by atoms with E-state index in [4.69, 9.17) is 0 Å². The van der Waals surface area contributed by atoms with Crippen molar-refractivity contribution in [3.8, 4) is 23.7 Å². The van der Waals surface area contributed by atoms with E-state index in [1.165, 1.54) is 23.6 Å². The fourth-order valence-electron chi connectivity index (χ4n) is 0.627. The Morgan fingerprint density at radius 2 is 1.19 bits per heavy atom. The third-order valence-corrected chi connectivity index (χ3v) is 1.95. The molecule has 0 atom stereocenters. The molecule has 0 N–H and O–H groups in total. The van der Waals surface area contributed by atoms with Crippen molar-refractivity contribution in [2.75, 3.05) is 27.2 Å². The molecule has 2 amide bonds. The van der Waals surface area contributed by atoms with E-state index in [1.807, 2.05) is 0 Å². The Morgan fingerprint density at radius 3 is 1.44 bits per heavy atom. The quantitative estimate of drug-likeness (QED) is 0.612. The minimum Gasteiger partial charge on any atom is -0.335 e. The van der Waals surface area contributed by atoms with Gasteiger partial charge in [0.05, 0.1) is 13.1 Å². The number of nitrogens with zero attached hydrogens (tertiary/aromatic N) is 2. The minimum atomic E-state index is -0.0291. The van der Waals surface area contributed by atoms with Crippen LogP contribution in [0.2, 0.25) is 0 Å². The first-order valence-electron chi connectivity index (χ1n) is 4.84. The van der Waals surface area contributed by atoms with Gasteiger partial charge in [-0.1, -0.05) is 11.8 Å². The summed E-state index contributed by atoms with van der Waals surface area (Å²) in [6, 6.07) is 0. The molecule has 0 radical (unpaired) electrons. The molecule has 0 aromatic rings. The molecule has 0 unspecified atom stereocenters. The average molecular weight is 220 g/mol. The largest absolute Gasteiger partial charge is 0.335 e. The molecule has 4 heteroatoms. The van der Waals surface area contributed by atoms with Crippen LogP contribution in [-0.4, -0.2) is 48.8 Å². The highest BCUT2D eigenvalue weighted by atomic mass is 16.2. The van der Waals surface area contributed by atoms with Gasteiger partial charge < -0.3 is 9.80 Å². The molecule has 0 spiro atoms. The highest BCUT2D eigenvalue weighted by Gasteiger charge is 1.97. The fraction of sp³-hybridized carbons (Fsp3) is 0.500. The van der Waals surface area contributed by atoms with Crippen LogP contribution < -0.4 is 0 Å². The van der Waals surface area contributed by atoms with Crippen LogP contribution in [0.15, 0.2) is 0 Å². The van der Waals surface area contributed by atoms with E-state index in [0.717, 1.165) is 0 Å². The van der Waals surface area contributed by atoms with Gasteiger partial charge in [0.15, 0.2) is 0 Å². The van der Waals surface area contributed by atoms with E-state index in [9.17, 15) is 9.59 Å². The Kier molecular flexibility index (Phi) is 6.47. The standard InChI is InChI=1S/C12H16N2O2/c1-11(15)13(3)9-7-5-6-8-10-14(4)12(2)16/h9-10H2,1-4H3. The molecule has 0 aliphatic heterocycles. The Balaban J connectivity index is 3.97. The maximum Gasteiger partial charge on any atom is 0.219 e. The molecule has 0 bridgehead atoms. The summed E-state index contributed by atoms with van der Waals surface area (Å²) in [6.07, 6.45) is 0. The van der Waals surface area contributed by atoms with Crippen LogP contribution in [0.1, 0.15) is 13.8 Å². The molecule has 0 aromatic carbocycles. The molecule has 0 rings (SSSR count). The SMILES string of the molecule is CC(=O)N(C)CC#CC#CCN(C)C(C)=O. The van der Waals surface area contributed by atoms with Crippen LogP contribution >= 0.6 is 0 Å². The monoisotopic (exact) mass is 220 g/mol. The first-order valence-corrected chi connectivity index (χ1v) is 4.84. The molecule has 0 aliphatic carbocycles. The number of rotatable bonds is 2. The number of hydrogen-bond acceptors (Lipinski definition) is 2. The minimum absolute atomic E-state index is 0.0291. The van der Waals surface area contributed by atoms with Crippen molar-refractivity contribution in [2.24, 2.45) is 0 Å². The molecular weight excluding hydrogens is 204 g/mol. The number of hydrogen-bond donors (Lipinski definition) is 0. The van der Waals surface area contributed by atoms with Crippen molar-refractivity contribution >= 4 is 11.8 Å². The van der Waals surface area contributed by atoms with E-state index in [-0.39, 0.29) is 11.8 Å². The van der Waals surface area contributed by atoms with Gasteiger partial charge in [-0.15, -0.1) is 0 Å². The summed E-state index contributed by atoms with van der Waals surface area (Å²) in [6.45, 7) is 3.70. The molecule has 4 nitrogen and oxygen atoms in total. The van der Waals surface area contributed by atoms with Crippen LogP contribution in [0.4, 0.5) is 0 Å². The van der Waals surface area contributed by atoms with E-state index in [1.54, 1.807) is 14.1 Å². The molecular formula is C12H16N2O2. The Morgan fingerprint density at radius 1 is 0.875 bits per heavy atom. The van der Waals surface area contributed by atoms with E-state index in [0.29, 0.717) is 13.1 Å². The molecule has 0 saturated carbocycles. The van der Waals surface area contributed by atoms with Gasteiger partial charge in [0.1, 0.15) is 0 Å². The zero-order chi connectivity index (χ0) is 12.6. The van der Waals surface area contributed by atoms with Crippen LogP contribution in [0.3, 0.4) is 0 Å². The van der Waals surface area contributed by atoms with E-state index in [2.05, 4.69) is 23.7 Å². The smallest absolute Gasteiger partial charge is 0.219 e. The van der Waals surface area contributed by atoms with Gasteiger partial charge in [0, 0.05) is 27.9 Å². The number of carbonyl (C=O) groups excluding carboxylic acids is 2. The van der Waals surface area contributed by atoms with Gasteiger partial charge in [-0.25, -0.2) is 0 Å². The lowest BCUT2D eigenvalue weighted by Crippen LogP contribution is -2.24. The predicted molar refractivity (Wildman–Crippen MR) is 62.2 cm³/mol. The second-order valence-electron chi connectivity index (χ2n) is 3.35. The van der Waals surface area contributed by atoms with Gasteiger partial charge in [0.25, 0.3) is 0 Å². The lowest BCUT2D eigenvalue weighted by molar-refractivity contribution is -0.127. The van der Waals surface area contributed by atoms with Crippen molar-refractivity contribution < 1.29 is 9.59 Å². The summed E-state index contributed by atoms with van der Waals surface area (Å²) in [5, 5.41) is 0. The summed E-state index contributed by atoms with van der Waals surface area (Å²) in [7, 11) is 3.35. The average Bonchev–Trinajstić information content (AvgIpc) is 2.21. The Hall–Kier alpha value is -1.94. The molecule has 0 heterocycles. The first-order chi connectivity index (χ1) is 7.45. The zero-order valence-electron chi connectivity index (χ0n) is 10.1. The number of carbonyl (C=O) groups is 2. The summed E-state index contributed by atoms with van der Waals surface area (Å²) in [5.41, 5.74) is 0. The van der Waals surface area contributed by atoms with Gasteiger partial charge >= 0.3 is 0 Å². The molecule has 0 saturated heterocycles. The maximum atomic E-state index is 10.8. The van der Waals surface area contributed by atoms with Gasteiger partial charge in [-0.3, -0.25) is 9.59 Å². The second kappa shape index (κ2) is 7.36. The Labute approximate surface area is 96.6 Å². The van der Waals surface area contributed by atoms with Gasteiger partial charge in [-0.05, 0) is 11.8 Å². The van der Waals surface area contributed by atoms with Gasteiger partial charge in [-0.2, -0.15) is 0 Å². The van der Waals surface area contributed by atoms with E-state index >= 15 is 0 Å². The van der Waals surface area contributed by atoms with Gasteiger partial charge in [0.2, 0.25) is 11.8 Å².